The largest absolute Gasteiger partial charge is 0.494 e. The fraction of sp³-hybridized carbons (Fsp3) is 0.409. The van der Waals surface area contributed by atoms with E-state index in [1.807, 2.05) is 11.0 Å². The molecular weight excluding hydrogens is 435 g/mol. The second kappa shape index (κ2) is 9.50. The second-order valence-corrected chi connectivity index (χ2v) is 9.72. The molecular formula is C22H25FN4O2S2. The zero-order valence-electron chi connectivity index (χ0n) is 17.9. The van der Waals surface area contributed by atoms with Crippen molar-refractivity contribution >= 4 is 39.2 Å². The van der Waals surface area contributed by atoms with Crippen LogP contribution >= 0.6 is 23.1 Å². The van der Waals surface area contributed by atoms with Crippen LogP contribution < -0.4 is 4.74 Å². The standard InChI is InChI=1S/C22H25FN4O2S2/c1-14-15(2)31-22-20(14)21(24-13-25-22)30-12-19(28)27-8-6-26(7-9-27)11-16-4-5-18(29-3)17(23)10-16/h4-5,10,13H,6-9,11-12H2,1-3H3. The smallest absolute Gasteiger partial charge is 0.233 e. The molecule has 0 aliphatic carbocycles. The van der Waals surface area contributed by atoms with E-state index in [2.05, 4.69) is 28.7 Å². The Balaban J connectivity index is 1.30. The number of nitrogens with zero attached hydrogens (tertiary/aromatic N) is 4. The molecule has 6 nitrogen and oxygen atoms in total. The van der Waals surface area contributed by atoms with Crippen LogP contribution in [0.4, 0.5) is 4.39 Å². The van der Waals surface area contributed by atoms with E-state index < -0.39 is 0 Å². The van der Waals surface area contributed by atoms with Crippen LogP contribution in [0.1, 0.15) is 16.0 Å². The van der Waals surface area contributed by atoms with Crippen molar-refractivity contribution in [2.75, 3.05) is 39.0 Å². The van der Waals surface area contributed by atoms with E-state index >= 15 is 0 Å². The van der Waals surface area contributed by atoms with E-state index in [0.29, 0.717) is 25.4 Å². The predicted octanol–water partition coefficient (Wildman–Crippen LogP) is 3.89. The Labute approximate surface area is 189 Å². The van der Waals surface area contributed by atoms with Crippen molar-refractivity contribution in [3.63, 3.8) is 0 Å². The number of piperazine rings is 1. The van der Waals surface area contributed by atoms with Gasteiger partial charge in [0.05, 0.1) is 12.9 Å². The normalized spacial score (nSPS) is 14.9. The van der Waals surface area contributed by atoms with Crippen molar-refractivity contribution in [1.29, 1.82) is 0 Å². The molecule has 1 amide bonds. The highest BCUT2D eigenvalue weighted by molar-refractivity contribution is 8.00. The summed E-state index contributed by atoms with van der Waals surface area (Å²) in [7, 11) is 1.46. The van der Waals surface area contributed by atoms with Gasteiger partial charge >= 0.3 is 0 Å². The fourth-order valence-corrected chi connectivity index (χ4v) is 5.72. The van der Waals surface area contributed by atoms with Gasteiger partial charge in [-0.2, -0.15) is 0 Å². The van der Waals surface area contributed by atoms with E-state index in [-0.39, 0.29) is 17.5 Å². The number of hydrogen-bond donors (Lipinski definition) is 0. The molecule has 0 unspecified atom stereocenters. The van der Waals surface area contributed by atoms with Gasteiger partial charge in [-0.15, -0.1) is 11.3 Å². The topological polar surface area (TPSA) is 58.6 Å². The molecule has 0 saturated carbocycles. The van der Waals surface area contributed by atoms with Gasteiger partial charge in [0.2, 0.25) is 5.91 Å². The van der Waals surface area contributed by atoms with Crippen LogP contribution in [-0.2, 0) is 11.3 Å². The fourth-order valence-electron chi connectivity index (χ4n) is 3.70. The Hall–Kier alpha value is -2.23. The Morgan fingerprint density at radius 3 is 2.71 bits per heavy atom. The van der Waals surface area contributed by atoms with Crippen molar-refractivity contribution in [2.45, 2.75) is 25.4 Å². The minimum absolute atomic E-state index is 0.122. The molecule has 31 heavy (non-hydrogen) atoms. The summed E-state index contributed by atoms with van der Waals surface area (Å²) in [6.07, 6.45) is 1.57. The van der Waals surface area contributed by atoms with Gasteiger partial charge in [-0.3, -0.25) is 9.69 Å². The van der Waals surface area contributed by atoms with Crippen molar-refractivity contribution in [1.82, 2.24) is 19.8 Å². The maximum absolute atomic E-state index is 13.9. The van der Waals surface area contributed by atoms with Crippen LogP contribution in [0.25, 0.3) is 10.2 Å². The SMILES string of the molecule is COc1ccc(CN2CCN(C(=O)CSc3ncnc4sc(C)c(C)c34)CC2)cc1F. The average molecular weight is 461 g/mol. The summed E-state index contributed by atoms with van der Waals surface area (Å²) in [6, 6.07) is 5.05. The van der Waals surface area contributed by atoms with Crippen LogP contribution in [0.15, 0.2) is 29.6 Å². The van der Waals surface area contributed by atoms with Gasteiger partial charge in [0.15, 0.2) is 11.6 Å². The molecule has 9 heteroatoms. The molecule has 0 spiro atoms. The van der Waals surface area contributed by atoms with Gasteiger partial charge < -0.3 is 9.64 Å². The number of amides is 1. The van der Waals surface area contributed by atoms with E-state index in [1.54, 1.807) is 23.7 Å². The lowest BCUT2D eigenvalue weighted by Crippen LogP contribution is -2.48. The number of aryl methyl sites for hydroxylation is 2. The minimum atomic E-state index is -0.347. The van der Waals surface area contributed by atoms with E-state index in [0.717, 1.165) is 33.9 Å². The molecule has 1 saturated heterocycles. The number of benzene rings is 1. The molecule has 0 bridgehead atoms. The first-order valence-electron chi connectivity index (χ1n) is 10.1. The molecule has 3 aromatic rings. The maximum Gasteiger partial charge on any atom is 0.233 e. The van der Waals surface area contributed by atoms with Crippen molar-refractivity contribution in [2.24, 2.45) is 0 Å². The number of carbonyl (C=O) groups excluding carboxylic acids is 1. The van der Waals surface area contributed by atoms with Crippen LogP contribution in [0.2, 0.25) is 0 Å². The Kier molecular flexibility index (Phi) is 6.74. The summed E-state index contributed by atoms with van der Waals surface area (Å²) >= 11 is 3.15. The summed E-state index contributed by atoms with van der Waals surface area (Å²) in [6.45, 7) is 7.71. The Morgan fingerprint density at radius 2 is 2.00 bits per heavy atom. The first kappa shape index (κ1) is 22.0. The molecule has 1 aromatic carbocycles. The van der Waals surface area contributed by atoms with E-state index in [4.69, 9.17) is 4.74 Å². The van der Waals surface area contributed by atoms with E-state index in [1.165, 1.54) is 35.4 Å². The number of aromatic nitrogens is 2. The molecule has 164 valence electrons. The quantitative estimate of drug-likeness (QED) is 0.411. The summed E-state index contributed by atoms with van der Waals surface area (Å²) in [5, 5.41) is 1.94. The van der Waals surface area contributed by atoms with Gasteiger partial charge in [-0.25, -0.2) is 14.4 Å². The lowest BCUT2D eigenvalue weighted by molar-refractivity contribution is -0.130. The summed E-state index contributed by atoms with van der Waals surface area (Å²) in [4.78, 5) is 27.9. The van der Waals surface area contributed by atoms with Crippen molar-refractivity contribution in [3.8, 4) is 5.75 Å². The first-order chi connectivity index (χ1) is 15.0. The van der Waals surface area contributed by atoms with Crippen LogP contribution in [0.3, 0.4) is 0 Å². The van der Waals surface area contributed by atoms with Gasteiger partial charge in [0.25, 0.3) is 0 Å². The number of carbonyl (C=O) groups is 1. The number of halogens is 1. The second-order valence-electron chi connectivity index (χ2n) is 7.56. The minimum Gasteiger partial charge on any atom is -0.494 e. The molecule has 0 atom stereocenters. The van der Waals surface area contributed by atoms with Crippen LogP contribution in [0.5, 0.6) is 5.75 Å². The number of ether oxygens (including phenoxy) is 1. The molecule has 2 aromatic heterocycles. The number of thioether (sulfide) groups is 1. The zero-order chi connectivity index (χ0) is 22.0. The lowest BCUT2D eigenvalue weighted by Gasteiger charge is -2.34. The molecule has 0 radical (unpaired) electrons. The monoisotopic (exact) mass is 460 g/mol. The van der Waals surface area contributed by atoms with Gasteiger partial charge in [0.1, 0.15) is 16.2 Å². The molecule has 4 rings (SSSR count). The van der Waals surface area contributed by atoms with Crippen LogP contribution in [-0.4, -0.2) is 64.7 Å². The molecule has 1 aliphatic rings. The van der Waals surface area contributed by atoms with Gasteiger partial charge in [-0.1, -0.05) is 17.8 Å². The average Bonchev–Trinajstić information content (AvgIpc) is 3.07. The molecule has 0 N–H and O–H groups in total. The lowest BCUT2D eigenvalue weighted by atomic mass is 10.2. The summed E-state index contributed by atoms with van der Waals surface area (Å²) < 4.78 is 18.9. The summed E-state index contributed by atoms with van der Waals surface area (Å²) in [5.41, 5.74) is 2.10. The number of hydrogen-bond acceptors (Lipinski definition) is 7. The highest BCUT2D eigenvalue weighted by atomic mass is 32.2. The van der Waals surface area contributed by atoms with Gasteiger partial charge in [0, 0.05) is 43.0 Å². The third-order valence-corrected chi connectivity index (χ3v) is 7.70. The molecule has 3 heterocycles. The highest BCUT2D eigenvalue weighted by Crippen LogP contribution is 2.34. The first-order valence-corrected chi connectivity index (χ1v) is 11.9. The number of thiophene rings is 1. The molecule has 1 fully saturated rings. The maximum atomic E-state index is 13.9. The Morgan fingerprint density at radius 1 is 1.23 bits per heavy atom. The number of rotatable bonds is 6. The van der Waals surface area contributed by atoms with Gasteiger partial charge in [-0.05, 0) is 37.1 Å². The Bertz CT molecular complexity index is 1100. The van der Waals surface area contributed by atoms with E-state index in [9.17, 15) is 9.18 Å². The van der Waals surface area contributed by atoms with Crippen molar-refractivity contribution < 1.29 is 13.9 Å². The number of methoxy groups -OCH3 is 1. The highest BCUT2D eigenvalue weighted by Gasteiger charge is 2.22. The van der Waals surface area contributed by atoms with Crippen molar-refractivity contribution in [3.05, 3.63) is 46.3 Å². The number of fused-ring (bicyclic) bond motifs is 1. The third-order valence-electron chi connectivity index (χ3n) is 5.61. The molecule has 1 aliphatic heterocycles. The summed E-state index contributed by atoms with van der Waals surface area (Å²) in [5.74, 6) is 0.395. The zero-order valence-corrected chi connectivity index (χ0v) is 19.5. The van der Waals surface area contributed by atoms with Crippen LogP contribution in [0, 0.1) is 19.7 Å². The third kappa shape index (κ3) is 4.83. The predicted molar refractivity (Wildman–Crippen MR) is 122 cm³/mol.